The Morgan fingerprint density at radius 3 is 2.56 bits per heavy atom. The summed E-state index contributed by atoms with van der Waals surface area (Å²) in [5.74, 6) is -0.566. The van der Waals surface area contributed by atoms with Crippen LogP contribution in [0.25, 0.3) is 11.1 Å². The van der Waals surface area contributed by atoms with Gasteiger partial charge in [-0.1, -0.05) is 48.3 Å². The van der Waals surface area contributed by atoms with Crippen molar-refractivity contribution in [3.8, 4) is 22.6 Å². The summed E-state index contributed by atoms with van der Waals surface area (Å²) in [4.78, 5) is 16.8. The number of nitrogens with one attached hydrogen (secondary N) is 1. The molecule has 160 valence electrons. The molecule has 8 heteroatoms. The van der Waals surface area contributed by atoms with Crippen LogP contribution in [-0.2, 0) is 6.61 Å². The SMILES string of the molecule is [CH2-]CN[C-]=NC(=O)c1c(OCc2ccccc2)ccc(Cl)c1-c1cc(F)ccc1OC.[K+]. The molecule has 0 spiro atoms. The van der Waals surface area contributed by atoms with Gasteiger partial charge >= 0.3 is 51.4 Å². The third kappa shape index (κ3) is 6.63. The van der Waals surface area contributed by atoms with E-state index in [1.807, 2.05) is 30.3 Å². The molecule has 0 saturated heterocycles. The number of rotatable bonds is 8. The Morgan fingerprint density at radius 2 is 1.88 bits per heavy atom. The molecule has 0 aliphatic heterocycles. The second-order valence-electron chi connectivity index (χ2n) is 6.37. The number of carbonyl (C=O) groups is 1. The van der Waals surface area contributed by atoms with Crippen LogP contribution in [0.4, 0.5) is 4.39 Å². The molecule has 0 aliphatic rings. The number of hydrogen-bond donors (Lipinski definition) is 1. The second-order valence-corrected chi connectivity index (χ2v) is 6.78. The minimum Gasteiger partial charge on any atom is -0.496 e. The number of ether oxygens (including phenoxy) is 2. The number of carbonyl (C=O) groups excluding carboxylic acids is 1. The fourth-order valence-electron chi connectivity index (χ4n) is 2.97. The van der Waals surface area contributed by atoms with Crippen molar-refractivity contribution in [2.45, 2.75) is 6.61 Å². The second kappa shape index (κ2) is 13.1. The average Bonchev–Trinajstić information content (AvgIpc) is 2.78. The van der Waals surface area contributed by atoms with E-state index in [4.69, 9.17) is 21.1 Å². The number of hydrogen-bond acceptors (Lipinski definition) is 3. The van der Waals surface area contributed by atoms with Gasteiger partial charge in [0.1, 0.15) is 29.8 Å². The first-order valence-corrected chi connectivity index (χ1v) is 9.78. The van der Waals surface area contributed by atoms with Crippen molar-refractivity contribution >= 4 is 23.8 Å². The van der Waals surface area contributed by atoms with Crippen LogP contribution in [0.2, 0.25) is 5.02 Å². The third-order valence-corrected chi connectivity index (χ3v) is 4.67. The fraction of sp³-hybridized carbons (Fsp3) is 0.125. The van der Waals surface area contributed by atoms with E-state index < -0.39 is 11.7 Å². The van der Waals surface area contributed by atoms with Crippen LogP contribution in [0.3, 0.4) is 0 Å². The van der Waals surface area contributed by atoms with E-state index in [0.29, 0.717) is 17.9 Å². The first kappa shape index (κ1) is 26.5. The van der Waals surface area contributed by atoms with E-state index in [9.17, 15) is 9.18 Å². The summed E-state index contributed by atoms with van der Waals surface area (Å²) in [6.07, 6.45) is 2.43. The van der Waals surface area contributed by atoms with Crippen LogP contribution >= 0.6 is 11.6 Å². The molecule has 32 heavy (non-hydrogen) atoms. The Balaban J connectivity index is 0.00000363. The molecule has 0 unspecified atom stereocenters. The Hall–Kier alpha value is -1.74. The first-order chi connectivity index (χ1) is 15.0. The number of methoxy groups -OCH3 is 1. The van der Waals surface area contributed by atoms with Gasteiger partial charge in [0.15, 0.2) is 0 Å². The van der Waals surface area contributed by atoms with Gasteiger partial charge in [-0.3, -0.25) is 0 Å². The number of benzene rings is 3. The van der Waals surface area contributed by atoms with E-state index in [-0.39, 0.29) is 79.9 Å². The van der Waals surface area contributed by atoms with Crippen molar-refractivity contribution in [3.05, 3.63) is 89.6 Å². The van der Waals surface area contributed by atoms with E-state index in [2.05, 4.69) is 23.6 Å². The van der Waals surface area contributed by atoms with Crippen molar-refractivity contribution < 1.29 is 70.0 Å². The number of amides is 1. The van der Waals surface area contributed by atoms with Gasteiger partial charge in [-0.2, -0.15) is 0 Å². The van der Waals surface area contributed by atoms with Gasteiger partial charge in [0, 0.05) is 21.7 Å². The molecule has 0 fully saturated rings. The molecule has 0 radical (unpaired) electrons. The molecule has 0 aromatic heterocycles. The Bertz CT molecular complexity index is 1090. The smallest absolute Gasteiger partial charge is 0.496 e. The predicted molar refractivity (Wildman–Crippen MR) is 119 cm³/mol. The normalized spacial score (nSPS) is 10.5. The van der Waals surface area contributed by atoms with Crippen molar-refractivity contribution in [3.63, 3.8) is 0 Å². The molecular formula is C24H20ClFKN2O3-. The monoisotopic (exact) mass is 477 g/mol. The van der Waals surface area contributed by atoms with Crippen LogP contribution in [0, 0.1) is 12.7 Å². The van der Waals surface area contributed by atoms with Crippen molar-refractivity contribution in [2.75, 3.05) is 13.7 Å². The largest absolute Gasteiger partial charge is 1.00 e. The van der Waals surface area contributed by atoms with E-state index in [1.54, 1.807) is 12.1 Å². The molecular weight excluding hydrogens is 458 g/mol. The van der Waals surface area contributed by atoms with Gasteiger partial charge < -0.3 is 31.5 Å². The van der Waals surface area contributed by atoms with Gasteiger partial charge in [0.25, 0.3) is 0 Å². The molecule has 1 amide bonds. The Morgan fingerprint density at radius 1 is 1.16 bits per heavy atom. The van der Waals surface area contributed by atoms with Crippen LogP contribution < -0.4 is 66.2 Å². The number of halogens is 2. The first-order valence-electron chi connectivity index (χ1n) is 9.40. The summed E-state index contributed by atoms with van der Waals surface area (Å²) in [6.45, 7) is 4.11. The molecule has 0 atom stereocenters. The summed E-state index contributed by atoms with van der Waals surface area (Å²) in [7, 11) is 1.45. The molecule has 0 heterocycles. The zero-order valence-electron chi connectivity index (χ0n) is 17.8. The maximum absolute atomic E-state index is 14.1. The standard InChI is InChI=1S/C24H20ClFN2O3.K/c1-3-27-15-28-24(29)23-21(31-14-16-7-5-4-6-8-16)12-10-19(25)22(23)18-13-17(26)9-11-20(18)30-2;/h4-13H,1,3,14H2,2H3,(H,27,28,29);/q-2;+1. The third-order valence-electron chi connectivity index (χ3n) is 4.36. The Kier molecular flexibility index (Phi) is 10.8. The van der Waals surface area contributed by atoms with Gasteiger partial charge in [-0.05, 0) is 35.9 Å². The maximum Gasteiger partial charge on any atom is 1.00 e. The summed E-state index contributed by atoms with van der Waals surface area (Å²) < 4.78 is 25.4. The molecule has 1 N–H and O–H groups in total. The molecule has 3 aromatic rings. The molecule has 5 nitrogen and oxygen atoms in total. The molecule has 0 aliphatic carbocycles. The van der Waals surface area contributed by atoms with Crippen LogP contribution in [0.5, 0.6) is 11.5 Å². The van der Waals surface area contributed by atoms with Gasteiger partial charge in [0.05, 0.1) is 7.11 Å². The minimum atomic E-state index is -0.659. The van der Waals surface area contributed by atoms with Crippen molar-refractivity contribution in [1.29, 1.82) is 0 Å². The molecule has 0 bridgehead atoms. The summed E-state index contributed by atoms with van der Waals surface area (Å²) in [5.41, 5.74) is 1.55. The number of aliphatic imine (C=N–C) groups is 1. The van der Waals surface area contributed by atoms with Crippen LogP contribution in [0.1, 0.15) is 15.9 Å². The van der Waals surface area contributed by atoms with Crippen molar-refractivity contribution in [1.82, 2.24) is 5.32 Å². The van der Waals surface area contributed by atoms with E-state index in [1.165, 1.54) is 25.3 Å². The topological polar surface area (TPSA) is 59.9 Å². The van der Waals surface area contributed by atoms with Crippen LogP contribution in [0.15, 0.2) is 65.7 Å². The fourth-order valence-corrected chi connectivity index (χ4v) is 3.23. The summed E-state index contributed by atoms with van der Waals surface area (Å²) >= 11 is 6.47. The van der Waals surface area contributed by atoms with Gasteiger partial charge in [-0.15, -0.1) is 6.54 Å². The quantitative estimate of drug-likeness (QED) is 0.178. The van der Waals surface area contributed by atoms with E-state index >= 15 is 0 Å². The zero-order valence-corrected chi connectivity index (χ0v) is 21.7. The van der Waals surface area contributed by atoms with Gasteiger partial charge in [0.2, 0.25) is 0 Å². The predicted octanol–water partition coefficient (Wildman–Crippen LogP) is 2.21. The molecule has 3 aromatic carbocycles. The maximum atomic E-state index is 14.1. The van der Waals surface area contributed by atoms with Gasteiger partial charge in [-0.25, -0.2) is 4.39 Å². The Labute approximate surface area is 234 Å². The minimum absolute atomic E-state index is 0. The number of nitrogens with zero attached hydrogens (tertiary/aromatic N) is 1. The zero-order chi connectivity index (χ0) is 22.2. The molecule has 3 rings (SSSR count). The summed E-state index contributed by atoms with van der Waals surface area (Å²) in [6, 6.07) is 16.6. The van der Waals surface area contributed by atoms with E-state index in [0.717, 1.165) is 5.56 Å². The van der Waals surface area contributed by atoms with Crippen LogP contribution in [-0.4, -0.2) is 25.9 Å². The average molecular weight is 478 g/mol. The van der Waals surface area contributed by atoms with Crippen molar-refractivity contribution in [2.24, 2.45) is 4.99 Å². The molecule has 0 saturated carbocycles. The summed E-state index contributed by atoms with van der Waals surface area (Å²) in [5, 5.41) is 2.85.